The van der Waals surface area contributed by atoms with Crippen molar-refractivity contribution in [2.75, 3.05) is 48.8 Å². The van der Waals surface area contributed by atoms with E-state index in [-0.39, 0.29) is 11.9 Å². The molecule has 0 atom stereocenters. The van der Waals surface area contributed by atoms with Crippen LogP contribution in [0.25, 0.3) is 0 Å². The first-order chi connectivity index (χ1) is 14.1. The number of hydrogen-bond acceptors (Lipinski definition) is 8. The van der Waals surface area contributed by atoms with E-state index in [2.05, 4.69) is 42.7 Å². The molecule has 1 amide bonds. The van der Waals surface area contributed by atoms with Crippen LogP contribution >= 0.6 is 0 Å². The number of hydrogen-bond donors (Lipinski definition) is 2. The lowest BCUT2D eigenvalue weighted by Gasteiger charge is -2.33. The molecule has 9 heteroatoms. The standard InChI is InChI=1S/C20H23N7O2/c1-14-3-5-15(6-4-14)23-20-25-24-19(29-20)18(28)22-16-7-8-17(21-13-16)27-11-9-26(2)10-12-27/h3-8,13H,9-12H2,1-2H3,(H,22,28)(H,23,25). The molecule has 0 spiro atoms. The van der Waals surface area contributed by atoms with Gasteiger partial charge in [-0.3, -0.25) is 4.79 Å². The van der Waals surface area contributed by atoms with Crippen LogP contribution in [0.15, 0.2) is 47.0 Å². The monoisotopic (exact) mass is 393 g/mol. The molecule has 3 heterocycles. The van der Waals surface area contributed by atoms with Crippen LogP contribution < -0.4 is 15.5 Å². The summed E-state index contributed by atoms with van der Waals surface area (Å²) in [6, 6.07) is 11.6. The zero-order valence-corrected chi connectivity index (χ0v) is 16.4. The third-order valence-corrected chi connectivity index (χ3v) is 4.76. The number of benzene rings is 1. The molecule has 0 aliphatic carbocycles. The van der Waals surface area contributed by atoms with Gasteiger partial charge < -0.3 is 24.9 Å². The minimum atomic E-state index is -0.483. The van der Waals surface area contributed by atoms with Crippen LogP contribution in [0.2, 0.25) is 0 Å². The molecule has 1 aromatic carbocycles. The molecule has 150 valence electrons. The Morgan fingerprint density at radius 3 is 2.41 bits per heavy atom. The van der Waals surface area contributed by atoms with E-state index in [0.29, 0.717) is 5.69 Å². The highest BCUT2D eigenvalue weighted by Gasteiger charge is 2.17. The summed E-state index contributed by atoms with van der Waals surface area (Å²) in [7, 11) is 2.11. The Kier molecular flexibility index (Phi) is 5.39. The van der Waals surface area contributed by atoms with Gasteiger partial charge in [0.15, 0.2) is 0 Å². The second kappa shape index (κ2) is 8.27. The van der Waals surface area contributed by atoms with Crippen molar-refractivity contribution in [1.82, 2.24) is 20.1 Å². The molecular formula is C20H23N7O2. The lowest BCUT2D eigenvalue weighted by Crippen LogP contribution is -2.44. The van der Waals surface area contributed by atoms with Gasteiger partial charge in [-0.2, -0.15) is 0 Å². The highest BCUT2D eigenvalue weighted by Crippen LogP contribution is 2.18. The smallest absolute Gasteiger partial charge is 0.320 e. The number of nitrogens with one attached hydrogen (secondary N) is 2. The van der Waals surface area contributed by atoms with Crippen molar-refractivity contribution < 1.29 is 9.21 Å². The van der Waals surface area contributed by atoms with Crippen LogP contribution in [0, 0.1) is 6.92 Å². The second-order valence-electron chi connectivity index (χ2n) is 7.05. The summed E-state index contributed by atoms with van der Waals surface area (Å²) in [6.45, 7) is 5.90. The van der Waals surface area contributed by atoms with E-state index in [9.17, 15) is 4.79 Å². The van der Waals surface area contributed by atoms with Crippen molar-refractivity contribution >= 4 is 29.1 Å². The Labute approximate surface area is 168 Å². The molecule has 0 unspecified atom stereocenters. The van der Waals surface area contributed by atoms with Gasteiger partial charge in [-0.15, -0.1) is 5.10 Å². The van der Waals surface area contributed by atoms with Gasteiger partial charge >= 0.3 is 17.8 Å². The van der Waals surface area contributed by atoms with E-state index in [1.165, 1.54) is 0 Å². The van der Waals surface area contributed by atoms with Gasteiger partial charge in [0.25, 0.3) is 0 Å². The fourth-order valence-electron chi connectivity index (χ4n) is 2.99. The van der Waals surface area contributed by atoms with Gasteiger partial charge in [-0.25, -0.2) is 4.98 Å². The van der Waals surface area contributed by atoms with Gasteiger partial charge in [-0.1, -0.05) is 22.8 Å². The Balaban J connectivity index is 1.35. The fraction of sp³-hybridized carbons (Fsp3) is 0.300. The molecule has 0 radical (unpaired) electrons. The second-order valence-corrected chi connectivity index (χ2v) is 7.05. The average Bonchev–Trinajstić information content (AvgIpc) is 3.20. The topological polar surface area (TPSA) is 99.4 Å². The van der Waals surface area contributed by atoms with Crippen LogP contribution in [0.3, 0.4) is 0 Å². The number of pyridine rings is 1. The maximum Gasteiger partial charge on any atom is 0.320 e. The van der Waals surface area contributed by atoms with Gasteiger partial charge in [0.05, 0.1) is 11.9 Å². The molecule has 2 aromatic heterocycles. The zero-order chi connectivity index (χ0) is 20.2. The highest BCUT2D eigenvalue weighted by molar-refractivity contribution is 6.00. The van der Waals surface area contributed by atoms with Gasteiger partial charge in [-0.05, 0) is 38.2 Å². The lowest BCUT2D eigenvalue weighted by atomic mass is 10.2. The molecule has 29 heavy (non-hydrogen) atoms. The molecule has 2 N–H and O–H groups in total. The molecule has 1 aliphatic heterocycles. The number of aromatic nitrogens is 3. The van der Waals surface area contributed by atoms with Crippen molar-refractivity contribution in [3.05, 3.63) is 54.0 Å². The zero-order valence-electron chi connectivity index (χ0n) is 16.4. The third kappa shape index (κ3) is 4.69. The van der Waals surface area contributed by atoms with E-state index in [1.54, 1.807) is 6.20 Å². The summed E-state index contributed by atoms with van der Waals surface area (Å²) in [5.41, 5.74) is 2.52. The highest BCUT2D eigenvalue weighted by atomic mass is 16.4. The molecule has 9 nitrogen and oxygen atoms in total. The predicted octanol–water partition coefficient (Wildman–Crippen LogP) is 2.52. The summed E-state index contributed by atoms with van der Waals surface area (Å²) in [4.78, 5) is 21.3. The number of carbonyl (C=O) groups is 1. The number of amides is 1. The van der Waals surface area contributed by atoms with Crippen LogP contribution in [-0.4, -0.2) is 59.2 Å². The van der Waals surface area contributed by atoms with Crippen LogP contribution in [0.5, 0.6) is 0 Å². The van der Waals surface area contributed by atoms with E-state index in [4.69, 9.17) is 4.42 Å². The first-order valence-corrected chi connectivity index (χ1v) is 9.45. The maximum atomic E-state index is 12.4. The summed E-state index contributed by atoms with van der Waals surface area (Å²) in [5, 5.41) is 13.4. The molecule has 3 aromatic rings. The van der Waals surface area contributed by atoms with E-state index < -0.39 is 5.91 Å². The number of carbonyl (C=O) groups excluding carboxylic acids is 1. The van der Waals surface area contributed by atoms with Crippen molar-refractivity contribution in [2.45, 2.75) is 6.92 Å². The number of aryl methyl sites for hydroxylation is 1. The molecule has 4 rings (SSSR count). The van der Waals surface area contributed by atoms with Gasteiger partial charge in [0.2, 0.25) is 0 Å². The fourth-order valence-corrected chi connectivity index (χ4v) is 2.99. The molecular weight excluding hydrogens is 370 g/mol. The minimum Gasteiger partial charge on any atom is -0.399 e. The minimum absolute atomic E-state index is 0.122. The van der Waals surface area contributed by atoms with Crippen LogP contribution in [0.1, 0.15) is 16.2 Å². The summed E-state index contributed by atoms with van der Waals surface area (Å²) in [6.07, 6.45) is 1.63. The third-order valence-electron chi connectivity index (χ3n) is 4.76. The lowest BCUT2D eigenvalue weighted by molar-refractivity contribution is 0.0991. The van der Waals surface area contributed by atoms with Gasteiger partial charge in [0, 0.05) is 31.9 Å². The molecule has 0 saturated carbocycles. The Morgan fingerprint density at radius 1 is 1.00 bits per heavy atom. The molecule has 1 aliphatic rings. The van der Waals surface area contributed by atoms with Crippen molar-refractivity contribution in [1.29, 1.82) is 0 Å². The van der Waals surface area contributed by atoms with Crippen molar-refractivity contribution in [2.24, 2.45) is 0 Å². The van der Waals surface area contributed by atoms with Crippen LogP contribution in [0.4, 0.5) is 23.2 Å². The summed E-state index contributed by atoms with van der Waals surface area (Å²) in [5.74, 6) is 0.296. The molecule has 1 saturated heterocycles. The number of nitrogens with zero attached hydrogens (tertiary/aromatic N) is 5. The normalized spacial score (nSPS) is 14.6. The van der Waals surface area contributed by atoms with Crippen molar-refractivity contribution in [3.8, 4) is 0 Å². The largest absolute Gasteiger partial charge is 0.399 e. The summed E-state index contributed by atoms with van der Waals surface area (Å²) < 4.78 is 5.40. The number of likely N-dealkylation sites (N-methyl/N-ethyl adjacent to an activating group) is 1. The van der Waals surface area contributed by atoms with E-state index in [0.717, 1.165) is 43.2 Å². The first-order valence-electron chi connectivity index (χ1n) is 9.45. The van der Waals surface area contributed by atoms with Crippen molar-refractivity contribution in [3.63, 3.8) is 0 Å². The Hall–Kier alpha value is -3.46. The number of piperazine rings is 1. The average molecular weight is 393 g/mol. The number of anilines is 4. The SMILES string of the molecule is Cc1ccc(Nc2nnc(C(=O)Nc3ccc(N4CCN(C)CC4)nc3)o2)cc1. The van der Waals surface area contributed by atoms with Gasteiger partial charge in [0.1, 0.15) is 5.82 Å². The first kappa shape index (κ1) is 18.9. The van der Waals surface area contributed by atoms with E-state index >= 15 is 0 Å². The predicted molar refractivity (Wildman–Crippen MR) is 111 cm³/mol. The Bertz CT molecular complexity index is 961. The van der Waals surface area contributed by atoms with Crippen LogP contribution in [-0.2, 0) is 0 Å². The number of rotatable bonds is 5. The maximum absolute atomic E-state index is 12.4. The quantitative estimate of drug-likeness (QED) is 0.682. The van der Waals surface area contributed by atoms with E-state index in [1.807, 2.05) is 43.3 Å². The molecule has 0 bridgehead atoms. The Morgan fingerprint density at radius 2 is 1.72 bits per heavy atom. The summed E-state index contributed by atoms with van der Waals surface area (Å²) >= 11 is 0. The molecule has 1 fully saturated rings.